The lowest BCUT2D eigenvalue weighted by Crippen LogP contribution is -2.39. The molecule has 0 spiro atoms. The Morgan fingerprint density at radius 2 is 1.75 bits per heavy atom. The zero-order valence-corrected chi connectivity index (χ0v) is 16.0. The van der Waals surface area contributed by atoms with Crippen molar-refractivity contribution >= 4 is 23.7 Å². The van der Waals surface area contributed by atoms with Gasteiger partial charge in [-0.05, 0) is 29.8 Å². The number of nitrogens with one attached hydrogen (secondary N) is 2. The molecule has 0 fully saturated rings. The van der Waals surface area contributed by atoms with Crippen LogP contribution < -0.4 is 10.6 Å². The van der Waals surface area contributed by atoms with Crippen LogP contribution in [0.5, 0.6) is 0 Å². The Balaban J connectivity index is 1.90. The summed E-state index contributed by atoms with van der Waals surface area (Å²) in [5, 5.41) is 12.8. The number of thioether (sulfide) groups is 1. The highest BCUT2D eigenvalue weighted by molar-refractivity contribution is 8.00. The van der Waals surface area contributed by atoms with Crippen molar-refractivity contribution < 1.29 is 14.0 Å². The van der Waals surface area contributed by atoms with E-state index in [0.717, 1.165) is 5.56 Å². The monoisotopic (exact) mass is 399 g/mol. The lowest BCUT2D eigenvalue weighted by Gasteiger charge is -2.15. The molecule has 3 aromatic rings. The summed E-state index contributed by atoms with van der Waals surface area (Å²) < 4.78 is 14.9. The van der Waals surface area contributed by atoms with Gasteiger partial charge in [0.25, 0.3) is 0 Å². The van der Waals surface area contributed by atoms with Crippen LogP contribution in [0.15, 0.2) is 59.8 Å². The van der Waals surface area contributed by atoms with Crippen molar-refractivity contribution in [2.75, 3.05) is 7.05 Å². The van der Waals surface area contributed by atoms with Gasteiger partial charge >= 0.3 is 6.03 Å². The number of nitrogens with zero attached hydrogens (tertiary/aromatic N) is 3. The number of urea groups is 1. The summed E-state index contributed by atoms with van der Waals surface area (Å²) in [6, 6.07) is 14.4. The number of hydrogen-bond acceptors (Lipinski definition) is 5. The van der Waals surface area contributed by atoms with Gasteiger partial charge in [-0.2, -0.15) is 0 Å². The van der Waals surface area contributed by atoms with Crippen LogP contribution in [0.4, 0.5) is 9.18 Å². The van der Waals surface area contributed by atoms with Crippen molar-refractivity contribution in [1.29, 1.82) is 0 Å². The third-order valence-corrected chi connectivity index (χ3v) is 5.25. The number of carbonyl (C=O) groups excluding carboxylic acids is 2. The zero-order valence-electron chi connectivity index (χ0n) is 15.2. The molecule has 0 radical (unpaired) electrons. The average molecular weight is 399 g/mol. The van der Waals surface area contributed by atoms with E-state index in [2.05, 4.69) is 20.8 Å². The van der Waals surface area contributed by atoms with E-state index in [-0.39, 0.29) is 5.82 Å². The first kappa shape index (κ1) is 19.6. The minimum atomic E-state index is -0.706. The van der Waals surface area contributed by atoms with Crippen LogP contribution in [0.1, 0.15) is 10.8 Å². The predicted octanol–water partition coefficient (Wildman–Crippen LogP) is 2.91. The van der Waals surface area contributed by atoms with Gasteiger partial charge < -0.3 is 9.88 Å². The molecule has 0 aliphatic heterocycles. The SMILES string of the molecule is CNC(=O)NC(=O)[C@H](Sc1nnc(-c2ccc(F)cc2)n1C)c1ccccc1. The third-order valence-electron chi connectivity index (χ3n) is 3.96. The number of rotatable bonds is 5. The fraction of sp³-hybridized carbons (Fsp3) is 0.158. The number of carbonyl (C=O) groups is 2. The molecule has 7 nitrogen and oxygen atoms in total. The van der Waals surface area contributed by atoms with Crippen LogP contribution in [0, 0.1) is 5.82 Å². The Hall–Kier alpha value is -3.20. The van der Waals surface area contributed by atoms with Gasteiger partial charge in [-0.1, -0.05) is 42.1 Å². The summed E-state index contributed by atoms with van der Waals surface area (Å²) in [6.45, 7) is 0. The standard InChI is InChI=1S/C19H18FN5O2S/c1-21-18(27)22-17(26)15(12-6-4-3-5-7-12)28-19-24-23-16(25(19)2)13-8-10-14(20)11-9-13/h3-11,15H,1-2H3,(H2,21,22,26,27)/t15-/m1/s1. The molecule has 2 N–H and O–H groups in total. The molecular weight excluding hydrogens is 381 g/mol. The van der Waals surface area contributed by atoms with Crippen molar-refractivity contribution in [3.8, 4) is 11.4 Å². The molecule has 1 heterocycles. The van der Waals surface area contributed by atoms with Crippen LogP contribution in [0.3, 0.4) is 0 Å². The maximum Gasteiger partial charge on any atom is 0.321 e. The van der Waals surface area contributed by atoms with E-state index in [1.807, 2.05) is 18.2 Å². The maximum atomic E-state index is 13.2. The molecule has 28 heavy (non-hydrogen) atoms. The number of aromatic nitrogens is 3. The molecule has 0 aliphatic carbocycles. The van der Waals surface area contributed by atoms with Crippen LogP contribution in [-0.2, 0) is 11.8 Å². The van der Waals surface area contributed by atoms with Gasteiger partial charge in [0.05, 0.1) is 0 Å². The first-order chi connectivity index (χ1) is 13.5. The highest BCUT2D eigenvalue weighted by Gasteiger charge is 2.26. The van der Waals surface area contributed by atoms with Crippen molar-refractivity contribution in [2.24, 2.45) is 7.05 Å². The third kappa shape index (κ3) is 4.37. The van der Waals surface area contributed by atoms with E-state index in [9.17, 15) is 14.0 Å². The van der Waals surface area contributed by atoms with Gasteiger partial charge in [0, 0.05) is 19.7 Å². The predicted molar refractivity (Wildman–Crippen MR) is 104 cm³/mol. The van der Waals surface area contributed by atoms with Crippen LogP contribution in [0.2, 0.25) is 0 Å². The minimum Gasteiger partial charge on any atom is -0.341 e. The quantitative estimate of drug-likeness (QED) is 0.644. The number of halogens is 1. The first-order valence-corrected chi connectivity index (χ1v) is 9.27. The van der Waals surface area contributed by atoms with E-state index in [1.54, 1.807) is 35.9 Å². The largest absolute Gasteiger partial charge is 0.341 e. The van der Waals surface area contributed by atoms with E-state index in [1.165, 1.54) is 30.9 Å². The van der Waals surface area contributed by atoms with Crippen LogP contribution >= 0.6 is 11.8 Å². The average Bonchev–Trinajstić information content (AvgIpc) is 3.07. The Morgan fingerprint density at radius 3 is 2.39 bits per heavy atom. The molecule has 1 aromatic heterocycles. The van der Waals surface area contributed by atoms with Gasteiger partial charge in [0.2, 0.25) is 5.91 Å². The number of amides is 3. The lowest BCUT2D eigenvalue weighted by atomic mass is 10.1. The highest BCUT2D eigenvalue weighted by atomic mass is 32.2. The summed E-state index contributed by atoms with van der Waals surface area (Å²) >= 11 is 1.17. The molecule has 9 heteroatoms. The molecule has 144 valence electrons. The molecule has 0 bridgehead atoms. The molecule has 1 atom stereocenters. The number of imide groups is 1. The van der Waals surface area contributed by atoms with E-state index in [0.29, 0.717) is 16.5 Å². The smallest absolute Gasteiger partial charge is 0.321 e. The summed E-state index contributed by atoms with van der Waals surface area (Å²) in [7, 11) is 3.20. The molecule has 3 rings (SSSR count). The lowest BCUT2D eigenvalue weighted by molar-refractivity contribution is -0.119. The van der Waals surface area contributed by atoms with Gasteiger partial charge in [-0.3, -0.25) is 10.1 Å². The fourth-order valence-electron chi connectivity index (χ4n) is 2.51. The first-order valence-electron chi connectivity index (χ1n) is 8.39. The molecular formula is C19H18FN5O2S. The topological polar surface area (TPSA) is 88.9 Å². The molecule has 0 unspecified atom stereocenters. The minimum absolute atomic E-state index is 0.337. The van der Waals surface area contributed by atoms with Gasteiger partial charge in [-0.15, -0.1) is 10.2 Å². The number of hydrogen-bond donors (Lipinski definition) is 2. The highest BCUT2D eigenvalue weighted by Crippen LogP contribution is 2.35. The summed E-state index contributed by atoms with van der Waals surface area (Å²) in [4.78, 5) is 24.2. The number of benzene rings is 2. The summed E-state index contributed by atoms with van der Waals surface area (Å²) in [5.74, 6) is -0.265. The second-order valence-electron chi connectivity index (χ2n) is 5.85. The van der Waals surface area contributed by atoms with Crippen molar-refractivity contribution in [3.05, 3.63) is 66.0 Å². The molecule has 3 amide bonds. The Morgan fingerprint density at radius 1 is 1.07 bits per heavy atom. The normalized spacial score (nSPS) is 11.7. The molecule has 0 saturated heterocycles. The molecule has 0 saturated carbocycles. The Kier molecular flexibility index (Phi) is 6.05. The molecule has 2 aromatic carbocycles. The van der Waals surface area contributed by atoms with E-state index < -0.39 is 17.2 Å². The van der Waals surface area contributed by atoms with Crippen molar-refractivity contribution in [1.82, 2.24) is 25.4 Å². The van der Waals surface area contributed by atoms with Crippen LogP contribution in [0.25, 0.3) is 11.4 Å². The second-order valence-corrected chi connectivity index (χ2v) is 6.92. The fourth-order valence-corrected chi connectivity index (χ4v) is 3.52. The Bertz CT molecular complexity index is 976. The molecule has 0 aliphatic rings. The zero-order chi connectivity index (χ0) is 20.1. The van der Waals surface area contributed by atoms with Gasteiger partial charge in [0.15, 0.2) is 11.0 Å². The Labute approximate surface area is 165 Å². The maximum absolute atomic E-state index is 13.2. The summed E-state index contributed by atoms with van der Waals surface area (Å²) in [5.41, 5.74) is 1.43. The van der Waals surface area contributed by atoms with Crippen LogP contribution in [-0.4, -0.2) is 33.8 Å². The second kappa shape index (κ2) is 8.66. The van der Waals surface area contributed by atoms with Gasteiger partial charge in [0.1, 0.15) is 11.1 Å². The van der Waals surface area contributed by atoms with E-state index >= 15 is 0 Å². The van der Waals surface area contributed by atoms with Crippen molar-refractivity contribution in [2.45, 2.75) is 10.4 Å². The summed E-state index contributed by atoms with van der Waals surface area (Å²) in [6.07, 6.45) is 0. The van der Waals surface area contributed by atoms with Gasteiger partial charge in [-0.25, -0.2) is 9.18 Å². The van der Waals surface area contributed by atoms with Crippen molar-refractivity contribution in [3.63, 3.8) is 0 Å². The van der Waals surface area contributed by atoms with E-state index in [4.69, 9.17) is 0 Å².